The van der Waals surface area contributed by atoms with Gasteiger partial charge in [0.05, 0.1) is 0 Å². The Balaban J connectivity index is 2.30. The van der Waals surface area contributed by atoms with Gasteiger partial charge in [-0.2, -0.15) is 0 Å². The molecule has 0 spiro atoms. The maximum Gasteiger partial charge on any atom is 0.194 e. The van der Waals surface area contributed by atoms with Crippen molar-refractivity contribution in [1.29, 1.82) is 0 Å². The average Bonchev–Trinajstić information content (AvgIpc) is 2.47. The highest BCUT2D eigenvalue weighted by molar-refractivity contribution is 5.28. The molecule has 0 saturated carbocycles. The molecule has 2 rings (SSSR count). The number of rotatable bonds is 5. The van der Waals surface area contributed by atoms with Crippen LogP contribution in [0.2, 0.25) is 0 Å². The molecule has 0 saturated heterocycles. The van der Waals surface area contributed by atoms with Crippen LogP contribution in [0.3, 0.4) is 0 Å². The zero-order chi connectivity index (χ0) is 15.4. The Morgan fingerprint density at radius 1 is 0.952 bits per heavy atom. The van der Waals surface area contributed by atoms with Crippen LogP contribution < -0.4 is 5.32 Å². The Bertz CT molecular complexity index is 608. The van der Waals surface area contributed by atoms with Crippen molar-refractivity contribution in [3.63, 3.8) is 0 Å². The monoisotopic (exact) mass is 293 g/mol. The van der Waals surface area contributed by atoms with Crippen molar-refractivity contribution >= 4 is 0 Å². The molecule has 0 amide bonds. The van der Waals surface area contributed by atoms with Crippen LogP contribution in [0, 0.1) is 24.4 Å². The number of likely N-dealkylation sites (N-methyl/N-ethyl adjacent to an activating group) is 1. The lowest BCUT2D eigenvalue weighted by atomic mass is 9.97. The van der Waals surface area contributed by atoms with Gasteiger partial charge in [0.25, 0.3) is 0 Å². The van der Waals surface area contributed by atoms with Crippen LogP contribution in [0.5, 0.6) is 0 Å². The molecular formula is C17H18F3N. The molecule has 1 atom stereocenters. The first-order valence-corrected chi connectivity index (χ1v) is 6.95. The second-order valence-electron chi connectivity index (χ2n) is 5.06. The predicted octanol–water partition coefficient (Wildman–Crippen LogP) is 4.31. The molecule has 21 heavy (non-hydrogen) atoms. The molecule has 0 aliphatic heterocycles. The lowest BCUT2D eigenvalue weighted by Crippen LogP contribution is -2.24. The van der Waals surface area contributed by atoms with Crippen LogP contribution in [0.25, 0.3) is 0 Å². The Morgan fingerprint density at radius 3 is 2.24 bits per heavy atom. The number of benzene rings is 2. The van der Waals surface area contributed by atoms with Crippen molar-refractivity contribution in [1.82, 2.24) is 5.32 Å². The van der Waals surface area contributed by atoms with Gasteiger partial charge in [-0.15, -0.1) is 0 Å². The Morgan fingerprint density at radius 2 is 1.62 bits per heavy atom. The van der Waals surface area contributed by atoms with Gasteiger partial charge in [0.1, 0.15) is 0 Å². The van der Waals surface area contributed by atoms with Crippen molar-refractivity contribution in [2.45, 2.75) is 26.3 Å². The predicted molar refractivity (Wildman–Crippen MR) is 77.6 cm³/mol. The number of nitrogens with one attached hydrogen (secondary N) is 1. The van der Waals surface area contributed by atoms with Gasteiger partial charge in [0.15, 0.2) is 17.5 Å². The van der Waals surface area contributed by atoms with Gasteiger partial charge < -0.3 is 5.32 Å². The van der Waals surface area contributed by atoms with E-state index in [1.807, 2.05) is 38.1 Å². The van der Waals surface area contributed by atoms with Crippen molar-refractivity contribution in [3.05, 3.63) is 70.5 Å². The van der Waals surface area contributed by atoms with E-state index in [0.717, 1.165) is 17.2 Å². The van der Waals surface area contributed by atoms with Crippen LogP contribution in [-0.2, 0) is 6.42 Å². The molecule has 0 heterocycles. The quantitative estimate of drug-likeness (QED) is 0.810. The van der Waals surface area contributed by atoms with Crippen molar-refractivity contribution in [2.24, 2.45) is 0 Å². The van der Waals surface area contributed by atoms with E-state index in [4.69, 9.17) is 0 Å². The molecule has 0 bridgehead atoms. The van der Waals surface area contributed by atoms with E-state index in [1.54, 1.807) is 0 Å². The summed E-state index contributed by atoms with van der Waals surface area (Å²) in [4.78, 5) is 0. The van der Waals surface area contributed by atoms with Gasteiger partial charge in [0.2, 0.25) is 0 Å². The molecule has 0 aromatic heterocycles. The molecule has 0 radical (unpaired) electrons. The zero-order valence-electron chi connectivity index (χ0n) is 12.1. The van der Waals surface area contributed by atoms with Crippen LogP contribution >= 0.6 is 0 Å². The van der Waals surface area contributed by atoms with Gasteiger partial charge in [0, 0.05) is 11.6 Å². The summed E-state index contributed by atoms with van der Waals surface area (Å²) in [5.74, 6) is -3.70. The van der Waals surface area contributed by atoms with E-state index < -0.39 is 23.5 Å². The average molecular weight is 293 g/mol. The Labute approximate surface area is 122 Å². The molecule has 2 aromatic rings. The third-order valence-corrected chi connectivity index (χ3v) is 3.45. The van der Waals surface area contributed by atoms with E-state index in [0.29, 0.717) is 13.0 Å². The second-order valence-corrected chi connectivity index (χ2v) is 5.06. The van der Waals surface area contributed by atoms with Gasteiger partial charge >= 0.3 is 0 Å². The lowest BCUT2D eigenvalue weighted by molar-refractivity contribution is 0.425. The molecule has 0 aliphatic rings. The van der Waals surface area contributed by atoms with E-state index in [1.165, 1.54) is 6.07 Å². The molecule has 1 nitrogen and oxygen atoms in total. The summed E-state index contributed by atoms with van der Waals surface area (Å²) in [5, 5.41) is 3.12. The minimum Gasteiger partial charge on any atom is -0.310 e. The highest BCUT2D eigenvalue weighted by Gasteiger charge is 2.20. The fourth-order valence-corrected chi connectivity index (χ4v) is 2.31. The van der Waals surface area contributed by atoms with Crippen LogP contribution in [0.1, 0.15) is 29.7 Å². The van der Waals surface area contributed by atoms with E-state index >= 15 is 0 Å². The third-order valence-electron chi connectivity index (χ3n) is 3.45. The topological polar surface area (TPSA) is 12.0 Å². The SMILES string of the molecule is CCNC(Cc1ccc(C)cc1)c1ccc(F)c(F)c1F. The van der Waals surface area contributed by atoms with Crippen LogP contribution in [-0.4, -0.2) is 6.54 Å². The standard InChI is InChI=1S/C17H18F3N/c1-3-21-15(10-12-6-4-11(2)5-7-12)13-8-9-14(18)17(20)16(13)19/h4-9,15,21H,3,10H2,1-2H3. The fraction of sp³-hybridized carbons (Fsp3) is 0.294. The molecule has 4 heteroatoms. The largest absolute Gasteiger partial charge is 0.310 e. The van der Waals surface area contributed by atoms with Gasteiger partial charge in [-0.25, -0.2) is 13.2 Å². The van der Waals surface area contributed by atoms with Gasteiger partial charge in [-0.3, -0.25) is 0 Å². The summed E-state index contributed by atoms with van der Waals surface area (Å²) in [6.45, 7) is 4.48. The van der Waals surface area contributed by atoms with E-state index in [9.17, 15) is 13.2 Å². The first-order valence-electron chi connectivity index (χ1n) is 6.95. The lowest BCUT2D eigenvalue weighted by Gasteiger charge is -2.19. The molecule has 2 aromatic carbocycles. The minimum atomic E-state index is -1.42. The summed E-state index contributed by atoms with van der Waals surface area (Å²) in [7, 11) is 0. The number of halogens is 3. The second kappa shape index (κ2) is 6.76. The van der Waals surface area contributed by atoms with Crippen LogP contribution in [0.4, 0.5) is 13.2 Å². The molecule has 112 valence electrons. The van der Waals surface area contributed by atoms with Crippen molar-refractivity contribution in [2.75, 3.05) is 6.54 Å². The zero-order valence-corrected chi connectivity index (χ0v) is 12.1. The highest BCUT2D eigenvalue weighted by Crippen LogP contribution is 2.24. The first-order chi connectivity index (χ1) is 10.0. The fourth-order valence-electron chi connectivity index (χ4n) is 2.31. The number of hydrogen-bond acceptors (Lipinski definition) is 1. The third kappa shape index (κ3) is 3.64. The molecular weight excluding hydrogens is 275 g/mol. The summed E-state index contributed by atoms with van der Waals surface area (Å²) >= 11 is 0. The maximum atomic E-state index is 13.9. The van der Waals surface area contributed by atoms with Crippen molar-refractivity contribution < 1.29 is 13.2 Å². The van der Waals surface area contributed by atoms with E-state index in [2.05, 4.69) is 5.32 Å². The van der Waals surface area contributed by atoms with Gasteiger partial charge in [-0.05, 0) is 31.5 Å². The summed E-state index contributed by atoms with van der Waals surface area (Å²) < 4.78 is 40.4. The summed E-state index contributed by atoms with van der Waals surface area (Å²) in [6, 6.07) is 9.73. The number of hydrogen-bond donors (Lipinski definition) is 1. The molecule has 0 aliphatic carbocycles. The molecule has 1 N–H and O–H groups in total. The Kier molecular flexibility index (Phi) is 5.02. The highest BCUT2D eigenvalue weighted by atomic mass is 19.2. The van der Waals surface area contributed by atoms with Gasteiger partial charge in [-0.1, -0.05) is 42.8 Å². The molecule has 0 fully saturated rings. The van der Waals surface area contributed by atoms with Crippen LogP contribution in [0.15, 0.2) is 36.4 Å². The smallest absolute Gasteiger partial charge is 0.194 e. The minimum absolute atomic E-state index is 0.149. The molecule has 1 unspecified atom stereocenters. The summed E-state index contributed by atoms with van der Waals surface area (Å²) in [6.07, 6.45) is 0.510. The number of aryl methyl sites for hydroxylation is 1. The Hall–Kier alpha value is -1.81. The normalized spacial score (nSPS) is 12.4. The van der Waals surface area contributed by atoms with E-state index in [-0.39, 0.29) is 5.56 Å². The maximum absolute atomic E-state index is 13.9. The summed E-state index contributed by atoms with van der Waals surface area (Å²) in [5.41, 5.74) is 2.30. The van der Waals surface area contributed by atoms with Crippen molar-refractivity contribution in [3.8, 4) is 0 Å². The first kappa shape index (κ1) is 15.6.